The van der Waals surface area contributed by atoms with E-state index in [2.05, 4.69) is 10.1 Å². The Balaban J connectivity index is 1.94. The van der Waals surface area contributed by atoms with Crippen LogP contribution in [0.25, 0.3) is 0 Å². The molecule has 66 valence electrons. The zero-order chi connectivity index (χ0) is 8.39. The van der Waals surface area contributed by atoms with Gasteiger partial charge in [0.25, 0.3) is 5.95 Å². The van der Waals surface area contributed by atoms with Gasteiger partial charge < -0.3 is 10.3 Å². The van der Waals surface area contributed by atoms with Gasteiger partial charge in [-0.25, -0.2) is 0 Å². The average molecular weight is 185 g/mol. The molecule has 1 aromatic rings. The van der Waals surface area contributed by atoms with Crippen LogP contribution in [0.5, 0.6) is 0 Å². The summed E-state index contributed by atoms with van der Waals surface area (Å²) in [5.41, 5.74) is 5.33. The van der Waals surface area contributed by atoms with Gasteiger partial charge >= 0.3 is 0 Å². The van der Waals surface area contributed by atoms with E-state index < -0.39 is 0 Å². The largest absolute Gasteiger partial charge is 0.365 e. The van der Waals surface area contributed by atoms with Crippen molar-refractivity contribution in [2.24, 2.45) is 5.92 Å². The second-order valence-electron chi connectivity index (χ2n) is 2.98. The molecule has 0 amide bonds. The standard InChI is InChI=1S/C7H11N3OS/c8-7-9-6(11-10-7)3-5-1-2-12-4-5/h5H,1-4H2,(H2,8,10). The first-order valence-corrected chi connectivity index (χ1v) is 5.16. The summed E-state index contributed by atoms with van der Waals surface area (Å²) in [5.74, 6) is 4.10. The fourth-order valence-electron chi connectivity index (χ4n) is 1.34. The topological polar surface area (TPSA) is 64.9 Å². The zero-order valence-corrected chi connectivity index (χ0v) is 7.51. The lowest BCUT2D eigenvalue weighted by atomic mass is 10.1. The molecule has 2 N–H and O–H groups in total. The molecule has 0 bridgehead atoms. The van der Waals surface area contributed by atoms with Crippen molar-refractivity contribution in [2.45, 2.75) is 12.8 Å². The summed E-state index contributed by atoms with van der Waals surface area (Å²) in [5, 5.41) is 3.54. The Hall–Kier alpha value is -0.710. The van der Waals surface area contributed by atoms with Gasteiger partial charge in [-0.3, -0.25) is 0 Å². The molecular weight excluding hydrogens is 174 g/mol. The second kappa shape index (κ2) is 3.35. The van der Waals surface area contributed by atoms with Crippen LogP contribution in [-0.2, 0) is 6.42 Å². The maximum Gasteiger partial charge on any atom is 0.260 e. The predicted molar refractivity (Wildman–Crippen MR) is 47.8 cm³/mol. The third-order valence-electron chi connectivity index (χ3n) is 1.97. The molecule has 0 radical (unpaired) electrons. The van der Waals surface area contributed by atoms with Crippen molar-refractivity contribution in [1.82, 2.24) is 10.1 Å². The van der Waals surface area contributed by atoms with Gasteiger partial charge in [0.15, 0.2) is 0 Å². The lowest BCUT2D eigenvalue weighted by Crippen LogP contribution is -2.02. The lowest BCUT2D eigenvalue weighted by molar-refractivity contribution is 0.360. The maximum atomic E-state index is 5.33. The number of nitrogens with zero attached hydrogens (tertiary/aromatic N) is 2. The molecule has 12 heavy (non-hydrogen) atoms. The molecule has 1 aromatic heterocycles. The Bertz CT molecular complexity index is 257. The Morgan fingerprint density at radius 1 is 1.67 bits per heavy atom. The zero-order valence-electron chi connectivity index (χ0n) is 6.69. The highest BCUT2D eigenvalue weighted by Gasteiger charge is 2.18. The Morgan fingerprint density at radius 3 is 3.17 bits per heavy atom. The highest BCUT2D eigenvalue weighted by atomic mass is 32.2. The van der Waals surface area contributed by atoms with E-state index >= 15 is 0 Å². The van der Waals surface area contributed by atoms with E-state index in [9.17, 15) is 0 Å². The van der Waals surface area contributed by atoms with Crippen molar-refractivity contribution in [2.75, 3.05) is 17.2 Å². The first kappa shape index (κ1) is 7.91. The number of nitrogen functional groups attached to an aromatic ring is 1. The fourth-order valence-corrected chi connectivity index (χ4v) is 2.63. The molecular formula is C7H11N3OS. The number of thioether (sulfide) groups is 1. The van der Waals surface area contributed by atoms with E-state index in [4.69, 9.17) is 10.3 Å². The van der Waals surface area contributed by atoms with Crippen molar-refractivity contribution < 1.29 is 4.52 Å². The molecule has 1 aliphatic heterocycles. The summed E-state index contributed by atoms with van der Waals surface area (Å²) in [6.45, 7) is 0. The predicted octanol–water partition coefficient (Wildman–Crippen LogP) is 0.947. The van der Waals surface area contributed by atoms with Crippen molar-refractivity contribution in [3.63, 3.8) is 0 Å². The number of aromatic nitrogens is 2. The van der Waals surface area contributed by atoms with Crippen LogP contribution in [0.1, 0.15) is 12.3 Å². The van der Waals surface area contributed by atoms with Crippen LogP contribution in [0, 0.1) is 5.92 Å². The van der Waals surface area contributed by atoms with Gasteiger partial charge in [-0.2, -0.15) is 16.7 Å². The summed E-state index contributed by atoms with van der Waals surface area (Å²) in [7, 11) is 0. The first-order chi connectivity index (χ1) is 5.84. The quantitative estimate of drug-likeness (QED) is 0.743. The molecule has 2 heterocycles. The second-order valence-corrected chi connectivity index (χ2v) is 4.13. The average Bonchev–Trinajstić information content (AvgIpc) is 2.63. The van der Waals surface area contributed by atoms with Crippen LogP contribution in [-0.4, -0.2) is 21.6 Å². The number of hydrogen-bond acceptors (Lipinski definition) is 5. The number of nitrogens with two attached hydrogens (primary N) is 1. The fraction of sp³-hybridized carbons (Fsp3) is 0.714. The van der Waals surface area contributed by atoms with E-state index in [1.165, 1.54) is 17.9 Å². The monoisotopic (exact) mass is 185 g/mol. The van der Waals surface area contributed by atoms with Gasteiger partial charge in [-0.1, -0.05) is 0 Å². The van der Waals surface area contributed by atoms with Crippen LogP contribution in [0.3, 0.4) is 0 Å². The van der Waals surface area contributed by atoms with Crippen molar-refractivity contribution in [1.29, 1.82) is 0 Å². The Morgan fingerprint density at radius 2 is 2.58 bits per heavy atom. The van der Waals surface area contributed by atoms with Crippen LogP contribution in [0.15, 0.2) is 4.52 Å². The van der Waals surface area contributed by atoms with Gasteiger partial charge in [0.2, 0.25) is 5.89 Å². The van der Waals surface area contributed by atoms with Gasteiger partial charge in [-0.05, 0) is 29.0 Å². The smallest absolute Gasteiger partial charge is 0.260 e. The van der Waals surface area contributed by atoms with E-state index in [-0.39, 0.29) is 5.95 Å². The lowest BCUT2D eigenvalue weighted by Gasteiger charge is -2.01. The van der Waals surface area contributed by atoms with Crippen LogP contribution in [0.2, 0.25) is 0 Å². The molecule has 0 aromatic carbocycles. The third-order valence-corrected chi connectivity index (χ3v) is 3.20. The summed E-state index contributed by atoms with van der Waals surface area (Å²) >= 11 is 1.99. The Labute approximate surface area is 74.9 Å². The normalized spacial score (nSPS) is 23.2. The van der Waals surface area contributed by atoms with Crippen LogP contribution < -0.4 is 5.73 Å². The van der Waals surface area contributed by atoms with Crippen molar-refractivity contribution >= 4 is 17.7 Å². The van der Waals surface area contributed by atoms with Gasteiger partial charge in [0, 0.05) is 6.42 Å². The molecule has 1 saturated heterocycles. The highest BCUT2D eigenvalue weighted by Crippen LogP contribution is 2.26. The number of rotatable bonds is 2. The maximum absolute atomic E-state index is 5.33. The van der Waals surface area contributed by atoms with E-state index in [0.29, 0.717) is 11.8 Å². The number of anilines is 1. The van der Waals surface area contributed by atoms with Crippen LogP contribution >= 0.6 is 11.8 Å². The SMILES string of the molecule is Nc1noc(CC2CCSC2)n1. The summed E-state index contributed by atoms with van der Waals surface area (Å²) in [6.07, 6.45) is 2.14. The van der Waals surface area contributed by atoms with E-state index in [0.717, 1.165) is 6.42 Å². The molecule has 5 heteroatoms. The first-order valence-electron chi connectivity index (χ1n) is 4.00. The molecule has 0 aliphatic carbocycles. The summed E-state index contributed by atoms with van der Waals surface area (Å²) < 4.78 is 4.93. The summed E-state index contributed by atoms with van der Waals surface area (Å²) in [6, 6.07) is 0. The summed E-state index contributed by atoms with van der Waals surface area (Å²) in [4.78, 5) is 3.96. The van der Waals surface area contributed by atoms with Gasteiger partial charge in [0.1, 0.15) is 0 Å². The molecule has 1 unspecified atom stereocenters. The van der Waals surface area contributed by atoms with Crippen molar-refractivity contribution in [3.8, 4) is 0 Å². The van der Waals surface area contributed by atoms with E-state index in [1.54, 1.807) is 0 Å². The molecule has 4 nitrogen and oxygen atoms in total. The van der Waals surface area contributed by atoms with Crippen molar-refractivity contribution in [3.05, 3.63) is 5.89 Å². The minimum atomic E-state index is 0.246. The molecule has 0 spiro atoms. The van der Waals surface area contributed by atoms with E-state index in [1.807, 2.05) is 11.8 Å². The molecule has 2 rings (SSSR count). The van der Waals surface area contributed by atoms with Crippen LogP contribution in [0.4, 0.5) is 5.95 Å². The van der Waals surface area contributed by atoms with Gasteiger partial charge in [0.05, 0.1) is 0 Å². The highest BCUT2D eigenvalue weighted by molar-refractivity contribution is 7.99. The van der Waals surface area contributed by atoms with Gasteiger partial charge in [-0.15, -0.1) is 0 Å². The minimum Gasteiger partial charge on any atom is -0.365 e. The minimum absolute atomic E-state index is 0.246. The molecule has 1 fully saturated rings. The number of hydrogen-bond donors (Lipinski definition) is 1. The Kier molecular flexibility index (Phi) is 2.21. The molecule has 0 saturated carbocycles. The molecule has 1 aliphatic rings. The molecule has 1 atom stereocenters. The third kappa shape index (κ3) is 1.72.